The summed E-state index contributed by atoms with van der Waals surface area (Å²) in [5.74, 6) is -0.156. The lowest BCUT2D eigenvalue weighted by atomic mass is 10.1. The highest BCUT2D eigenvalue weighted by Gasteiger charge is 2.18. The van der Waals surface area contributed by atoms with E-state index in [1.807, 2.05) is 29.2 Å². The summed E-state index contributed by atoms with van der Waals surface area (Å²) >= 11 is 1.66. The highest BCUT2D eigenvalue weighted by atomic mass is 32.2. The predicted molar refractivity (Wildman–Crippen MR) is 90.2 cm³/mol. The van der Waals surface area contributed by atoms with Gasteiger partial charge in [0.25, 0.3) is 5.91 Å². The maximum Gasteiger partial charge on any atom is 0.252 e. The van der Waals surface area contributed by atoms with Crippen LogP contribution in [-0.4, -0.2) is 41.6 Å². The summed E-state index contributed by atoms with van der Waals surface area (Å²) in [5.41, 5.74) is 0.646. The Kier molecular flexibility index (Phi) is 6.31. The van der Waals surface area contributed by atoms with E-state index >= 15 is 0 Å². The molecule has 1 aliphatic heterocycles. The van der Waals surface area contributed by atoms with Crippen LogP contribution >= 0.6 is 11.8 Å². The molecular weight excluding hydrogens is 296 g/mol. The molecule has 120 valence electrons. The number of carbonyl (C=O) groups is 2. The minimum Gasteiger partial charge on any atom is -0.343 e. The molecule has 0 atom stereocenters. The van der Waals surface area contributed by atoms with E-state index in [9.17, 15) is 9.59 Å². The van der Waals surface area contributed by atoms with E-state index in [1.54, 1.807) is 11.8 Å². The molecular formula is C17H24N2O2S. The van der Waals surface area contributed by atoms with Crippen molar-refractivity contribution in [1.82, 2.24) is 10.2 Å². The second kappa shape index (κ2) is 8.22. The first-order chi connectivity index (χ1) is 10.6. The fraction of sp³-hybridized carbons (Fsp3) is 0.529. The minimum atomic E-state index is -0.172. The van der Waals surface area contributed by atoms with Crippen molar-refractivity contribution in [2.75, 3.05) is 19.6 Å². The molecule has 1 aromatic carbocycles. The van der Waals surface area contributed by atoms with E-state index in [0.717, 1.165) is 30.8 Å². The van der Waals surface area contributed by atoms with Crippen molar-refractivity contribution in [3.63, 3.8) is 0 Å². The first-order valence-corrected chi connectivity index (χ1v) is 8.77. The maximum atomic E-state index is 12.3. The highest BCUT2D eigenvalue weighted by molar-refractivity contribution is 8.00. The number of hydrogen-bond acceptors (Lipinski definition) is 3. The van der Waals surface area contributed by atoms with Crippen molar-refractivity contribution in [2.45, 2.75) is 43.3 Å². The topological polar surface area (TPSA) is 49.4 Å². The Morgan fingerprint density at radius 2 is 1.86 bits per heavy atom. The Balaban J connectivity index is 1.93. The molecule has 0 aromatic heterocycles. The molecule has 0 unspecified atom stereocenters. The molecule has 1 fully saturated rings. The number of thioether (sulfide) groups is 1. The van der Waals surface area contributed by atoms with Crippen LogP contribution in [0.5, 0.6) is 0 Å². The molecule has 0 saturated carbocycles. The van der Waals surface area contributed by atoms with E-state index in [4.69, 9.17) is 0 Å². The zero-order valence-corrected chi connectivity index (χ0v) is 14.1. The second-order valence-electron chi connectivity index (χ2n) is 5.79. The van der Waals surface area contributed by atoms with Crippen LogP contribution in [0.25, 0.3) is 0 Å². The van der Waals surface area contributed by atoms with Gasteiger partial charge in [0.2, 0.25) is 5.91 Å². The summed E-state index contributed by atoms with van der Waals surface area (Å²) in [6.07, 6.45) is 3.32. The molecule has 2 amide bonds. The predicted octanol–water partition coefficient (Wildman–Crippen LogP) is 2.93. The summed E-state index contributed by atoms with van der Waals surface area (Å²) in [4.78, 5) is 27.2. The van der Waals surface area contributed by atoms with Gasteiger partial charge in [-0.2, -0.15) is 0 Å². The van der Waals surface area contributed by atoms with Crippen molar-refractivity contribution >= 4 is 23.6 Å². The molecule has 0 radical (unpaired) electrons. The third-order valence-electron chi connectivity index (χ3n) is 3.60. The van der Waals surface area contributed by atoms with Gasteiger partial charge in [-0.05, 0) is 31.4 Å². The van der Waals surface area contributed by atoms with Crippen molar-refractivity contribution < 1.29 is 9.59 Å². The van der Waals surface area contributed by atoms with Gasteiger partial charge < -0.3 is 10.2 Å². The summed E-state index contributed by atoms with van der Waals surface area (Å²) in [6.45, 7) is 5.90. The monoisotopic (exact) mass is 320 g/mol. The van der Waals surface area contributed by atoms with Crippen molar-refractivity contribution in [3.8, 4) is 0 Å². The highest BCUT2D eigenvalue weighted by Crippen LogP contribution is 2.26. The van der Waals surface area contributed by atoms with Crippen LogP contribution < -0.4 is 5.32 Å². The average Bonchev–Trinajstić information content (AvgIpc) is 2.53. The molecule has 1 N–H and O–H groups in total. The lowest BCUT2D eigenvalue weighted by Gasteiger charge is -2.26. The number of nitrogens with zero attached hydrogens (tertiary/aromatic N) is 1. The molecule has 1 aliphatic rings. The summed E-state index contributed by atoms with van der Waals surface area (Å²) in [7, 11) is 0. The lowest BCUT2D eigenvalue weighted by Crippen LogP contribution is -2.42. The van der Waals surface area contributed by atoms with Gasteiger partial charge >= 0.3 is 0 Å². The number of likely N-dealkylation sites (tertiary alicyclic amines) is 1. The van der Waals surface area contributed by atoms with Crippen LogP contribution in [-0.2, 0) is 4.79 Å². The summed E-state index contributed by atoms with van der Waals surface area (Å²) in [6, 6.07) is 7.55. The van der Waals surface area contributed by atoms with Gasteiger partial charge in [0.1, 0.15) is 0 Å². The Morgan fingerprint density at radius 1 is 1.18 bits per heavy atom. The molecule has 22 heavy (non-hydrogen) atoms. The Hall–Kier alpha value is -1.49. The van der Waals surface area contributed by atoms with Gasteiger partial charge in [0.05, 0.1) is 12.1 Å². The van der Waals surface area contributed by atoms with Gasteiger partial charge in [-0.3, -0.25) is 9.59 Å². The Morgan fingerprint density at radius 3 is 2.55 bits per heavy atom. The molecule has 4 nitrogen and oxygen atoms in total. The number of nitrogens with one attached hydrogen (secondary N) is 1. The second-order valence-corrected chi connectivity index (χ2v) is 7.41. The van der Waals surface area contributed by atoms with Crippen LogP contribution in [0.3, 0.4) is 0 Å². The minimum absolute atomic E-state index is 0.0158. The number of amides is 2. The maximum absolute atomic E-state index is 12.3. The molecule has 5 heteroatoms. The van der Waals surface area contributed by atoms with Crippen molar-refractivity contribution in [2.24, 2.45) is 0 Å². The van der Waals surface area contributed by atoms with Gasteiger partial charge in [-0.1, -0.05) is 26.0 Å². The van der Waals surface area contributed by atoms with Gasteiger partial charge in [0.15, 0.2) is 0 Å². The third kappa shape index (κ3) is 4.77. The zero-order chi connectivity index (χ0) is 15.9. The largest absolute Gasteiger partial charge is 0.343 e. The van der Waals surface area contributed by atoms with E-state index in [1.165, 1.54) is 6.42 Å². The standard InChI is InChI=1S/C17H24N2O2S/c1-13(2)22-15-9-5-4-8-14(15)17(21)18-12-16(20)19-10-6-3-7-11-19/h4-5,8-9,13H,3,6-7,10-12H2,1-2H3,(H,18,21). The quantitative estimate of drug-likeness (QED) is 0.849. The third-order valence-corrected chi connectivity index (χ3v) is 4.68. The molecule has 1 heterocycles. The van der Waals surface area contributed by atoms with Crippen LogP contribution in [0.2, 0.25) is 0 Å². The van der Waals surface area contributed by atoms with E-state index < -0.39 is 0 Å². The van der Waals surface area contributed by atoms with E-state index in [2.05, 4.69) is 19.2 Å². The fourth-order valence-electron chi connectivity index (χ4n) is 2.52. The summed E-state index contributed by atoms with van der Waals surface area (Å²) in [5, 5.41) is 3.17. The zero-order valence-electron chi connectivity index (χ0n) is 13.3. The van der Waals surface area contributed by atoms with Crippen LogP contribution in [0.4, 0.5) is 0 Å². The van der Waals surface area contributed by atoms with Crippen LogP contribution in [0, 0.1) is 0 Å². The number of hydrogen-bond donors (Lipinski definition) is 1. The van der Waals surface area contributed by atoms with Crippen LogP contribution in [0.1, 0.15) is 43.5 Å². The summed E-state index contributed by atoms with van der Waals surface area (Å²) < 4.78 is 0. The van der Waals surface area contributed by atoms with Gasteiger partial charge in [0, 0.05) is 23.2 Å². The molecule has 0 aliphatic carbocycles. The van der Waals surface area contributed by atoms with E-state index in [-0.39, 0.29) is 18.4 Å². The molecule has 0 spiro atoms. The number of carbonyl (C=O) groups excluding carboxylic acids is 2. The smallest absolute Gasteiger partial charge is 0.252 e. The first kappa shape index (κ1) is 16.9. The van der Waals surface area contributed by atoms with Gasteiger partial charge in [-0.15, -0.1) is 11.8 Å². The van der Waals surface area contributed by atoms with Crippen LogP contribution in [0.15, 0.2) is 29.2 Å². The Bertz CT molecular complexity index is 525. The number of rotatable bonds is 5. The molecule has 1 saturated heterocycles. The molecule has 2 rings (SSSR count). The van der Waals surface area contributed by atoms with Gasteiger partial charge in [-0.25, -0.2) is 0 Å². The lowest BCUT2D eigenvalue weighted by molar-refractivity contribution is -0.130. The fourth-order valence-corrected chi connectivity index (χ4v) is 3.47. The SMILES string of the molecule is CC(C)Sc1ccccc1C(=O)NCC(=O)N1CCCCC1. The van der Waals surface area contributed by atoms with Crippen molar-refractivity contribution in [1.29, 1.82) is 0 Å². The average molecular weight is 320 g/mol. The molecule has 0 bridgehead atoms. The van der Waals surface area contributed by atoms with E-state index in [0.29, 0.717) is 10.8 Å². The Labute approximate surface area is 136 Å². The number of benzene rings is 1. The normalized spacial score (nSPS) is 15.0. The molecule has 1 aromatic rings. The first-order valence-electron chi connectivity index (χ1n) is 7.89. The number of piperidine rings is 1. The van der Waals surface area contributed by atoms with Crippen molar-refractivity contribution in [3.05, 3.63) is 29.8 Å².